The Morgan fingerprint density at radius 2 is 1.73 bits per heavy atom. The fourth-order valence-corrected chi connectivity index (χ4v) is 5.04. The molecule has 1 fully saturated rings. The van der Waals surface area contributed by atoms with Crippen LogP contribution in [0, 0.1) is 12.8 Å². The Morgan fingerprint density at radius 1 is 1.10 bits per heavy atom. The Kier molecular flexibility index (Phi) is 6.42. The lowest BCUT2D eigenvalue weighted by Gasteiger charge is -2.30. The molecule has 1 aliphatic rings. The van der Waals surface area contributed by atoms with E-state index in [4.69, 9.17) is 10.5 Å². The van der Waals surface area contributed by atoms with Crippen molar-refractivity contribution in [2.75, 3.05) is 25.5 Å². The second kappa shape index (κ2) is 8.85. The number of sulfonamides is 1. The standard InChI is InChI=1S/C21H25N3O5S/c1-14-13-18(7-8-19(14)29-2)30(27,28)24-11-9-16(10-12-24)21(26)23-17-5-3-15(4-6-17)20(22)25/h3-8,13,16H,9-12H2,1-2H3,(H2,22,25)(H,23,26). The zero-order valence-electron chi connectivity index (χ0n) is 16.9. The maximum absolute atomic E-state index is 12.9. The number of hydrogen-bond donors (Lipinski definition) is 2. The number of rotatable bonds is 6. The SMILES string of the molecule is COc1ccc(S(=O)(=O)N2CCC(C(=O)Nc3ccc(C(N)=O)cc3)CC2)cc1C. The number of aryl methyl sites for hydroxylation is 1. The van der Waals surface area contributed by atoms with Crippen LogP contribution in [0.15, 0.2) is 47.4 Å². The third-order valence-electron chi connectivity index (χ3n) is 5.27. The quantitative estimate of drug-likeness (QED) is 0.726. The van der Waals surface area contributed by atoms with Crippen LogP contribution in [0.1, 0.15) is 28.8 Å². The third kappa shape index (κ3) is 4.63. The highest BCUT2D eigenvalue weighted by atomic mass is 32.2. The van der Waals surface area contributed by atoms with E-state index >= 15 is 0 Å². The van der Waals surface area contributed by atoms with Crippen LogP contribution in [0.5, 0.6) is 5.75 Å². The number of nitrogens with one attached hydrogen (secondary N) is 1. The van der Waals surface area contributed by atoms with Gasteiger partial charge in [0.1, 0.15) is 5.75 Å². The van der Waals surface area contributed by atoms with Crippen LogP contribution in [0.25, 0.3) is 0 Å². The maximum atomic E-state index is 12.9. The van der Waals surface area contributed by atoms with Crippen molar-refractivity contribution in [1.82, 2.24) is 4.31 Å². The number of methoxy groups -OCH3 is 1. The van der Waals surface area contributed by atoms with Crippen molar-refractivity contribution >= 4 is 27.5 Å². The van der Waals surface area contributed by atoms with E-state index < -0.39 is 15.9 Å². The lowest BCUT2D eigenvalue weighted by Crippen LogP contribution is -2.41. The Hall–Kier alpha value is -2.91. The van der Waals surface area contributed by atoms with E-state index in [0.717, 1.165) is 5.56 Å². The molecule has 2 aromatic rings. The van der Waals surface area contributed by atoms with Crippen molar-refractivity contribution in [3.8, 4) is 5.75 Å². The first-order chi connectivity index (χ1) is 14.2. The van der Waals surface area contributed by atoms with Gasteiger partial charge in [-0.25, -0.2) is 8.42 Å². The summed E-state index contributed by atoms with van der Waals surface area (Å²) in [5, 5.41) is 2.81. The van der Waals surface area contributed by atoms with Crippen LogP contribution >= 0.6 is 0 Å². The first-order valence-corrected chi connectivity index (χ1v) is 11.0. The van der Waals surface area contributed by atoms with Gasteiger partial charge in [-0.05, 0) is 67.8 Å². The fraction of sp³-hybridized carbons (Fsp3) is 0.333. The average molecular weight is 432 g/mol. The molecular formula is C21H25N3O5S. The smallest absolute Gasteiger partial charge is 0.248 e. The summed E-state index contributed by atoms with van der Waals surface area (Å²) < 4.78 is 32.5. The average Bonchev–Trinajstić information content (AvgIpc) is 2.74. The minimum atomic E-state index is -3.63. The molecule has 1 heterocycles. The molecule has 8 nitrogen and oxygen atoms in total. The number of carbonyl (C=O) groups excluding carboxylic acids is 2. The van der Waals surface area contributed by atoms with Gasteiger partial charge in [0.05, 0.1) is 12.0 Å². The number of piperidine rings is 1. The number of nitrogens with zero attached hydrogens (tertiary/aromatic N) is 1. The van der Waals surface area contributed by atoms with Crippen molar-refractivity contribution in [3.05, 3.63) is 53.6 Å². The highest BCUT2D eigenvalue weighted by Crippen LogP contribution is 2.27. The molecule has 3 rings (SSSR count). The molecule has 30 heavy (non-hydrogen) atoms. The Morgan fingerprint density at radius 3 is 2.27 bits per heavy atom. The fourth-order valence-electron chi connectivity index (χ4n) is 3.48. The molecule has 160 valence electrons. The summed E-state index contributed by atoms with van der Waals surface area (Å²) in [5.41, 5.74) is 6.88. The van der Waals surface area contributed by atoms with Crippen LogP contribution < -0.4 is 15.8 Å². The molecule has 3 N–H and O–H groups in total. The first-order valence-electron chi connectivity index (χ1n) is 9.58. The maximum Gasteiger partial charge on any atom is 0.248 e. The zero-order valence-corrected chi connectivity index (χ0v) is 17.7. The van der Waals surface area contributed by atoms with Crippen LogP contribution in [0.2, 0.25) is 0 Å². The molecular weight excluding hydrogens is 406 g/mol. The van der Waals surface area contributed by atoms with Gasteiger partial charge in [0, 0.05) is 30.3 Å². The number of hydrogen-bond acceptors (Lipinski definition) is 5. The summed E-state index contributed by atoms with van der Waals surface area (Å²) in [6, 6.07) is 11.1. The Labute approximate surface area is 176 Å². The first kappa shape index (κ1) is 21.8. The van der Waals surface area contributed by atoms with E-state index in [1.807, 2.05) is 0 Å². The van der Waals surface area contributed by atoms with Gasteiger partial charge in [0.25, 0.3) is 0 Å². The summed E-state index contributed by atoms with van der Waals surface area (Å²) in [5.74, 6) is -0.356. The van der Waals surface area contributed by atoms with Crippen LogP contribution in [0.4, 0.5) is 5.69 Å². The minimum absolute atomic E-state index is 0.167. The summed E-state index contributed by atoms with van der Waals surface area (Å²) in [6.07, 6.45) is 0.860. The van der Waals surface area contributed by atoms with E-state index in [9.17, 15) is 18.0 Å². The van der Waals surface area contributed by atoms with E-state index in [1.54, 1.807) is 50.4 Å². The summed E-state index contributed by atoms with van der Waals surface area (Å²) in [4.78, 5) is 23.9. The van der Waals surface area contributed by atoms with Gasteiger partial charge >= 0.3 is 0 Å². The molecule has 0 saturated carbocycles. The van der Waals surface area contributed by atoms with E-state index in [0.29, 0.717) is 29.8 Å². The second-order valence-corrected chi connectivity index (χ2v) is 9.18. The molecule has 2 aromatic carbocycles. The van der Waals surface area contributed by atoms with Gasteiger partial charge in [0.15, 0.2) is 0 Å². The minimum Gasteiger partial charge on any atom is -0.496 e. The molecule has 0 atom stereocenters. The summed E-state index contributed by atoms with van der Waals surface area (Å²) in [6.45, 7) is 2.34. The molecule has 1 saturated heterocycles. The molecule has 0 bridgehead atoms. The van der Waals surface area contributed by atoms with E-state index in [1.165, 1.54) is 10.4 Å². The monoisotopic (exact) mass is 431 g/mol. The van der Waals surface area contributed by atoms with Crippen LogP contribution in [-0.4, -0.2) is 44.7 Å². The number of benzene rings is 2. The number of nitrogens with two attached hydrogens (primary N) is 1. The van der Waals surface area contributed by atoms with Gasteiger partial charge < -0.3 is 15.8 Å². The number of primary amides is 1. The highest BCUT2D eigenvalue weighted by Gasteiger charge is 2.32. The highest BCUT2D eigenvalue weighted by molar-refractivity contribution is 7.89. The van der Waals surface area contributed by atoms with Crippen LogP contribution in [0.3, 0.4) is 0 Å². The lowest BCUT2D eigenvalue weighted by molar-refractivity contribution is -0.120. The van der Waals surface area contributed by atoms with Gasteiger partial charge in [-0.3, -0.25) is 9.59 Å². The third-order valence-corrected chi connectivity index (χ3v) is 7.16. The zero-order chi connectivity index (χ0) is 21.9. The van der Waals surface area contributed by atoms with Crippen molar-refractivity contribution in [3.63, 3.8) is 0 Å². The van der Waals surface area contributed by atoms with Gasteiger partial charge in [0.2, 0.25) is 21.8 Å². The molecule has 0 aromatic heterocycles. The van der Waals surface area contributed by atoms with Crippen molar-refractivity contribution in [2.45, 2.75) is 24.7 Å². The lowest BCUT2D eigenvalue weighted by atomic mass is 9.97. The molecule has 1 aliphatic heterocycles. The molecule has 0 unspecified atom stereocenters. The number of ether oxygens (including phenoxy) is 1. The topological polar surface area (TPSA) is 119 Å². The van der Waals surface area contributed by atoms with Crippen molar-refractivity contribution < 1.29 is 22.7 Å². The Bertz CT molecular complexity index is 1040. The van der Waals surface area contributed by atoms with Gasteiger partial charge in [-0.2, -0.15) is 4.31 Å². The molecule has 9 heteroatoms. The number of carbonyl (C=O) groups is 2. The predicted octanol–water partition coefficient (Wildman–Crippen LogP) is 2.14. The molecule has 0 spiro atoms. The van der Waals surface area contributed by atoms with Crippen molar-refractivity contribution in [2.24, 2.45) is 11.7 Å². The van der Waals surface area contributed by atoms with Gasteiger partial charge in [-0.1, -0.05) is 0 Å². The second-order valence-electron chi connectivity index (χ2n) is 7.24. The molecule has 2 amide bonds. The predicted molar refractivity (Wildman–Crippen MR) is 113 cm³/mol. The van der Waals surface area contributed by atoms with Gasteiger partial charge in [-0.15, -0.1) is 0 Å². The number of anilines is 1. The van der Waals surface area contributed by atoms with Crippen LogP contribution in [-0.2, 0) is 14.8 Å². The normalized spacial score (nSPS) is 15.5. The number of amides is 2. The molecule has 0 aliphatic carbocycles. The summed E-state index contributed by atoms with van der Waals surface area (Å²) >= 11 is 0. The molecule has 0 radical (unpaired) electrons. The summed E-state index contributed by atoms with van der Waals surface area (Å²) in [7, 11) is -2.09. The Balaban J connectivity index is 1.61. The van der Waals surface area contributed by atoms with E-state index in [2.05, 4.69) is 5.32 Å². The van der Waals surface area contributed by atoms with Crippen molar-refractivity contribution in [1.29, 1.82) is 0 Å². The largest absolute Gasteiger partial charge is 0.496 e. The van der Waals surface area contributed by atoms with E-state index in [-0.39, 0.29) is 29.8 Å².